The molecule has 0 aliphatic heterocycles. The standard InChI is InChI=1S/C18H25N3O2S/c1-12(17-13(2)24-14(3)20-17)21(4)18(22)19-11-10-15-6-8-16(23-5)9-7-15/h6-9,12H,10-11H2,1-5H3,(H,19,22)/t12-/m1/s1. The highest BCUT2D eigenvalue weighted by Crippen LogP contribution is 2.25. The molecule has 0 saturated carbocycles. The van der Waals surface area contributed by atoms with Crippen molar-refractivity contribution in [2.45, 2.75) is 33.2 Å². The average Bonchev–Trinajstić information content (AvgIpc) is 2.92. The molecule has 130 valence electrons. The van der Waals surface area contributed by atoms with Gasteiger partial charge in [0, 0.05) is 18.5 Å². The lowest BCUT2D eigenvalue weighted by Crippen LogP contribution is -2.39. The van der Waals surface area contributed by atoms with Crippen LogP contribution < -0.4 is 10.1 Å². The van der Waals surface area contributed by atoms with Gasteiger partial charge in [-0.3, -0.25) is 0 Å². The maximum atomic E-state index is 12.3. The first-order valence-corrected chi connectivity index (χ1v) is 8.81. The van der Waals surface area contributed by atoms with E-state index in [0.29, 0.717) is 6.54 Å². The third-order valence-electron chi connectivity index (χ3n) is 4.09. The van der Waals surface area contributed by atoms with Gasteiger partial charge in [-0.15, -0.1) is 11.3 Å². The maximum Gasteiger partial charge on any atom is 0.317 e. The summed E-state index contributed by atoms with van der Waals surface area (Å²) < 4.78 is 5.14. The predicted molar refractivity (Wildman–Crippen MR) is 97.9 cm³/mol. The molecule has 0 aliphatic carbocycles. The highest BCUT2D eigenvalue weighted by Gasteiger charge is 2.21. The van der Waals surface area contributed by atoms with Crippen LogP contribution in [0.5, 0.6) is 5.75 Å². The summed E-state index contributed by atoms with van der Waals surface area (Å²) in [6.45, 7) is 6.64. The van der Waals surface area contributed by atoms with Gasteiger partial charge in [0.1, 0.15) is 5.75 Å². The molecule has 24 heavy (non-hydrogen) atoms. The normalized spacial score (nSPS) is 11.9. The van der Waals surface area contributed by atoms with Gasteiger partial charge in [0.05, 0.1) is 23.9 Å². The van der Waals surface area contributed by atoms with Crippen molar-refractivity contribution < 1.29 is 9.53 Å². The summed E-state index contributed by atoms with van der Waals surface area (Å²) in [6, 6.07) is 7.76. The monoisotopic (exact) mass is 347 g/mol. The van der Waals surface area contributed by atoms with Gasteiger partial charge < -0.3 is 15.0 Å². The minimum Gasteiger partial charge on any atom is -0.497 e. The van der Waals surface area contributed by atoms with E-state index >= 15 is 0 Å². The quantitative estimate of drug-likeness (QED) is 0.866. The number of aromatic nitrogens is 1. The first-order chi connectivity index (χ1) is 11.4. The van der Waals surface area contributed by atoms with Crippen LogP contribution in [0.25, 0.3) is 0 Å². The van der Waals surface area contributed by atoms with Crippen molar-refractivity contribution in [2.24, 2.45) is 0 Å². The number of carbonyl (C=O) groups is 1. The highest BCUT2D eigenvalue weighted by atomic mass is 32.1. The molecule has 1 N–H and O–H groups in total. The van der Waals surface area contributed by atoms with E-state index in [1.54, 1.807) is 23.3 Å². The molecule has 1 aromatic heterocycles. The number of benzene rings is 1. The van der Waals surface area contributed by atoms with Gasteiger partial charge in [0.2, 0.25) is 0 Å². The number of nitrogens with zero attached hydrogens (tertiary/aromatic N) is 2. The van der Waals surface area contributed by atoms with Crippen LogP contribution in [-0.2, 0) is 6.42 Å². The highest BCUT2D eigenvalue weighted by molar-refractivity contribution is 7.11. The van der Waals surface area contributed by atoms with Crippen molar-refractivity contribution in [3.05, 3.63) is 45.4 Å². The number of nitrogens with one attached hydrogen (secondary N) is 1. The summed E-state index contributed by atoms with van der Waals surface area (Å²) in [6.07, 6.45) is 0.785. The van der Waals surface area contributed by atoms with Crippen LogP contribution in [0.3, 0.4) is 0 Å². The second kappa shape index (κ2) is 8.15. The topological polar surface area (TPSA) is 54.5 Å². The molecule has 1 aromatic carbocycles. The van der Waals surface area contributed by atoms with Crippen LogP contribution in [0.2, 0.25) is 0 Å². The molecule has 2 rings (SSSR count). The Balaban J connectivity index is 1.85. The number of carbonyl (C=O) groups excluding carboxylic acids is 1. The van der Waals surface area contributed by atoms with E-state index in [4.69, 9.17) is 4.74 Å². The second-order valence-electron chi connectivity index (χ2n) is 5.79. The third kappa shape index (κ3) is 4.47. The number of ether oxygens (including phenoxy) is 1. The number of methoxy groups -OCH3 is 1. The summed E-state index contributed by atoms with van der Waals surface area (Å²) in [5.41, 5.74) is 2.14. The fourth-order valence-electron chi connectivity index (χ4n) is 2.52. The summed E-state index contributed by atoms with van der Waals surface area (Å²) >= 11 is 1.67. The van der Waals surface area contributed by atoms with E-state index in [0.717, 1.165) is 33.3 Å². The van der Waals surface area contributed by atoms with Crippen LogP contribution in [0.4, 0.5) is 4.79 Å². The third-order valence-corrected chi connectivity index (χ3v) is 4.99. The van der Waals surface area contributed by atoms with E-state index < -0.39 is 0 Å². The minimum absolute atomic E-state index is 0.0454. The van der Waals surface area contributed by atoms with Gasteiger partial charge in [0.15, 0.2) is 0 Å². The average molecular weight is 347 g/mol. The molecular weight excluding hydrogens is 322 g/mol. The van der Waals surface area contributed by atoms with Gasteiger partial charge in [-0.1, -0.05) is 12.1 Å². The lowest BCUT2D eigenvalue weighted by atomic mass is 10.1. The Hall–Kier alpha value is -2.08. The van der Waals surface area contributed by atoms with Crippen molar-refractivity contribution >= 4 is 17.4 Å². The lowest BCUT2D eigenvalue weighted by molar-refractivity contribution is 0.193. The van der Waals surface area contributed by atoms with Gasteiger partial charge in [-0.25, -0.2) is 9.78 Å². The zero-order valence-corrected chi connectivity index (χ0v) is 15.7. The zero-order valence-electron chi connectivity index (χ0n) is 14.9. The number of urea groups is 1. The Morgan fingerprint density at radius 3 is 2.54 bits per heavy atom. The molecule has 1 atom stereocenters. The zero-order chi connectivity index (χ0) is 17.7. The molecule has 0 bridgehead atoms. The second-order valence-corrected chi connectivity index (χ2v) is 7.20. The predicted octanol–water partition coefficient (Wildman–Crippen LogP) is 3.71. The molecule has 2 aromatic rings. The first-order valence-electron chi connectivity index (χ1n) is 8.00. The number of amides is 2. The van der Waals surface area contributed by atoms with Crippen LogP contribution in [0.15, 0.2) is 24.3 Å². The van der Waals surface area contributed by atoms with Gasteiger partial charge in [-0.2, -0.15) is 0 Å². The van der Waals surface area contributed by atoms with E-state index in [9.17, 15) is 4.79 Å². The number of hydrogen-bond acceptors (Lipinski definition) is 4. The molecule has 0 saturated heterocycles. The molecule has 0 radical (unpaired) electrons. The Kier molecular flexibility index (Phi) is 6.20. The molecular formula is C18H25N3O2S. The van der Waals surface area contributed by atoms with Crippen molar-refractivity contribution in [1.29, 1.82) is 0 Å². The maximum absolute atomic E-state index is 12.3. The van der Waals surface area contributed by atoms with E-state index in [1.807, 2.05) is 52.1 Å². The van der Waals surface area contributed by atoms with Crippen LogP contribution >= 0.6 is 11.3 Å². The summed E-state index contributed by atoms with van der Waals surface area (Å²) in [7, 11) is 3.46. The summed E-state index contributed by atoms with van der Waals surface area (Å²) in [5.74, 6) is 0.838. The summed E-state index contributed by atoms with van der Waals surface area (Å²) in [4.78, 5) is 19.7. The Labute approximate surface area is 147 Å². The fourth-order valence-corrected chi connectivity index (χ4v) is 3.43. The van der Waals surface area contributed by atoms with E-state index in [2.05, 4.69) is 10.3 Å². The molecule has 1 heterocycles. The molecule has 6 heteroatoms. The van der Waals surface area contributed by atoms with Gasteiger partial charge in [-0.05, 0) is 44.9 Å². The smallest absolute Gasteiger partial charge is 0.317 e. The largest absolute Gasteiger partial charge is 0.497 e. The molecule has 0 fully saturated rings. The molecule has 0 unspecified atom stereocenters. The molecule has 2 amide bonds. The molecule has 0 spiro atoms. The Bertz CT molecular complexity index is 682. The van der Waals surface area contributed by atoms with Crippen LogP contribution in [0.1, 0.15) is 34.1 Å². The van der Waals surface area contributed by atoms with Crippen molar-refractivity contribution in [1.82, 2.24) is 15.2 Å². The van der Waals surface area contributed by atoms with E-state index in [1.165, 1.54) is 0 Å². The molecule has 5 nitrogen and oxygen atoms in total. The van der Waals surface area contributed by atoms with Crippen LogP contribution in [0, 0.1) is 13.8 Å². The Morgan fingerprint density at radius 1 is 1.33 bits per heavy atom. The van der Waals surface area contributed by atoms with Crippen molar-refractivity contribution in [2.75, 3.05) is 20.7 Å². The van der Waals surface area contributed by atoms with E-state index in [-0.39, 0.29) is 12.1 Å². The number of rotatable bonds is 6. The fraction of sp³-hybridized carbons (Fsp3) is 0.444. The molecule has 0 aliphatic rings. The van der Waals surface area contributed by atoms with Gasteiger partial charge >= 0.3 is 6.03 Å². The van der Waals surface area contributed by atoms with Crippen molar-refractivity contribution in [3.8, 4) is 5.75 Å². The first kappa shape index (κ1) is 18.3. The Morgan fingerprint density at radius 2 is 2.00 bits per heavy atom. The van der Waals surface area contributed by atoms with Crippen LogP contribution in [-0.4, -0.2) is 36.6 Å². The van der Waals surface area contributed by atoms with Gasteiger partial charge in [0.25, 0.3) is 0 Å². The lowest BCUT2D eigenvalue weighted by Gasteiger charge is -2.24. The number of thiazole rings is 1. The SMILES string of the molecule is COc1ccc(CCNC(=O)N(C)[C@H](C)c2nc(C)sc2C)cc1. The summed E-state index contributed by atoms with van der Waals surface area (Å²) in [5, 5.41) is 4.00. The number of aryl methyl sites for hydroxylation is 2. The number of hydrogen-bond donors (Lipinski definition) is 1. The van der Waals surface area contributed by atoms with Crippen molar-refractivity contribution in [3.63, 3.8) is 0 Å². The minimum atomic E-state index is -0.0823.